The lowest BCUT2D eigenvalue weighted by Gasteiger charge is -2.03. The molecule has 2 aromatic heterocycles. The molecule has 0 amide bonds. The summed E-state index contributed by atoms with van der Waals surface area (Å²) in [7, 11) is 0. The molecule has 20 heavy (non-hydrogen) atoms. The molecule has 0 N–H and O–H groups in total. The first-order valence-corrected chi connectivity index (χ1v) is 7.07. The van der Waals surface area contributed by atoms with Crippen molar-refractivity contribution in [1.82, 2.24) is 19.7 Å². The molecule has 0 saturated carbocycles. The number of rotatable bonds is 3. The Hall–Kier alpha value is -1.65. The van der Waals surface area contributed by atoms with Gasteiger partial charge < -0.3 is 0 Å². The maximum absolute atomic E-state index is 6.17. The quantitative estimate of drug-likeness (QED) is 0.547. The Bertz CT molecular complexity index is 753. The number of aryl methyl sites for hydroxylation is 1. The summed E-state index contributed by atoms with van der Waals surface area (Å²) in [5.74, 6) is 0. The van der Waals surface area contributed by atoms with Crippen LogP contribution >= 0.6 is 23.2 Å². The van der Waals surface area contributed by atoms with E-state index in [0.29, 0.717) is 17.3 Å². The van der Waals surface area contributed by atoms with E-state index < -0.39 is 0 Å². The van der Waals surface area contributed by atoms with Gasteiger partial charge in [-0.05, 0) is 23.6 Å². The highest BCUT2D eigenvalue weighted by Gasteiger charge is 2.16. The number of benzene rings is 1. The fourth-order valence-corrected chi connectivity index (χ4v) is 2.67. The molecule has 0 aliphatic carbocycles. The Labute approximate surface area is 126 Å². The van der Waals surface area contributed by atoms with E-state index >= 15 is 0 Å². The molecule has 2 heterocycles. The van der Waals surface area contributed by atoms with Crippen molar-refractivity contribution in [2.45, 2.75) is 19.9 Å². The average Bonchev–Trinajstić information content (AvgIpc) is 2.78. The molecular weight excluding hydrogens is 295 g/mol. The molecule has 3 aromatic rings. The highest BCUT2D eigenvalue weighted by molar-refractivity contribution is 6.35. The van der Waals surface area contributed by atoms with Crippen molar-refractivity contribution in [3.8, 4) is 0 Å². The number of hydrogen-bond donors (Lipinski definition) is 0. The van der Waals surface area contributed by atoms with Gasteiger partial charge in [-0.15, -0.1) is 0 Å². The fourth-order valence-electron chi connectivity index (χ4n) is 2.19. The third-order valence-corrected chi connectivity index (χ3v) is 3.55. The number of hydrogen-bond acceptors (Lipinski definition) is 3. The monoisotopic (exact) mass is 306 g/mol. The van der Waals surface area contributed by atoms with E-state index in [1.807, 2.05) is 41.9 Å². The molecule has 1 aromatic carbocycles. The average molecular weight is 307 g/mol. The zero-order chi connectivity index (χ0) is 14.1. The summed E-state index contributed by atoms with van der Waals surface area (Å²) in [6.07, 6.45) is 0.767. The third kappa shape index (κ3) is 2.37. The van der Waals surface area contributed by atoms with Gasteiger partial charge in [-0.2, -0.15) is 10.1 Å². The van der Waals surface area contributed by atoms with Gasteiger partial charge in [0.2, 0.25) is 5.28 Å². The van der Waals surface area contributed by atoms with Gasteiger partial charge in [0.15, 0.2) is 5.65 Å². The van der Waals surface area contributed by atoms with Crippen LogP contribution in [0.3, 0.4) is 0 Å². The van der Waals surface area contributed by atoms with E-state index in [0.717, 1.165) is 23.1 Å². The molecule has 0 aliphatic rings. The topological polar surface area (TPSA) is 43.6 Å². The Morgan fingerprint density at radius 1 is 1.10 bits per heavy atom. The Morgan fingerprint density at radius 2 is 1.85 bits per heavy atom. The molecule has 3 rings (SSSR count). The van der Waals surface area contributed by atoms with Gasteiger partial charge in [0.1, 0.15) is 5.15 Å². The predicted molar refractivity (Wildman–Crippen MR) is 80.3 cm³/mol. The number of aromatic nitrogens is 4. The van der Waals surface area contributed by atoms with E-state index in [-0.39, 0.29) is 5.28 Å². The molecule has 0 fully saturated rings. The van der Waals surface area contributed by atoms with Crippen molar-refractivity contribution in [3.63, 3.8) is 0 Å². The van der Waals surface area contributed by atoms with Crippen molar-refractivity contribution in [1.29, 1.82) is 0 Å². The summed E-state index contributed by atoms with van der Waals surface area (Å²) >= 11 is 12.1. The second-order valence-corrected chi connectivity index (χ2v) is 5.12. The Balaban J connectivity index is 2.16. The first-order chi connectivity index (χ1) is 9.69. The van der Waals surface area contributed by atoms with E-state index in [9.17, 15) is 0 Å². The third-order valence-electron chi connectivity index (χ3n) is 3.10. The maximum atomic E-state index is 6.17. The van der Waals surface area contributed by atoms with Crippen molar-refractivity contribution >= 4 is 34.2 Å². The molecule has 0 aliphatic heterocycles. The normalized spacial score (nSPS) is 11.2. The van der Waals surface area contributed by atoms with Gasteiger partial charge in [-0.25, -0.2) is 9.67 Å². The SMILES string of the molecule is CCc1nn(Cc2ccccc2)c2nc(Cl)nc(Cl)c12. The van der Waals surface area contributed by atoms with Crippen LogP contribution in [0.5, 0.6) is 0 Å². The summed E-state index contributed by atoms with van der Waals surface area (Å²) in [6, 6.07) is 10.1. The van der Waals surface area contributed by atoms with E-state index in [1.165, 1.54) is 0 Å². The largest absolute Gasteiger partial charge is 0.242 e. The summed E-state index contributed by atoms with van der Waals surface area (Å²) < 4.78 is 1.82. The zero-order valence-corrected chi connectivity index (χ0v) is 12.4. The second-order valence-electron chi connectivity index (χ2n) is 4.43. The first-order valence-electron chi connectivity index (χ1n) is 6.31. The van der Waals surface area contributed by atoms with Crippen LogP contribution in [0.4, 0.5) is 0 Å². The lowest BCUT2D eigenvalue weighted by molar-refractivity contribution is 0.689. The van der Waals surface area contributed by atoms with Gasteiger partial charge in [0.25, 0.3) is 0 Å². The number of fused-ring (bicyclic) bond motifs is 1. The van der Waals surface area contributed by atoms with Gasteiger partial charge >= 0.3 is 0 Å². The van der Waals surface area contributed by atoms with Crippen LogP contribution in [-0.2, 0) is 13.0 Å². The van der Waals surface area contributed by atoms with Gasteiger partial charge in [0, 0.05) is 0 Å². The molecule has 0 saturated heterocycles. The van der Waals surface area contributed by atoms with Crippen LogP contribution < -0.4 is 0 Å². The van der Waals surface area contributed by atoms with E-state index in [2.05, 4.69) is 15.1 Å². The van der Waals surface area contributed by atoms with Gasteiger partial charge in [-0.3, -0.25) is 0 Å². The molecule has 102 valence electrons. The molecule has 4 nitrogen and oxygen atoms in total. The molecule has 0 bridgehead atoms. The minimum absolute atomic E-state index is 0.138. The Morgan fingerprint density at radius 3 is 2.55 bits per heavy atom. The van der Waals surface area contributed by atoms with Crippen LogP contribution in [-0.4, -0.2) is 19.7 Å². The van der Waals surface area contributed by atoms with E-state index in [1.54, 1.807) is 0 Å². The fraction of sp³-hybridized carbons (Fsp3) is 0.214. The van der Waals surface area contributed by atoms with Gasteiger partial charge in [0.05, 0.1) is 17.6 Å². The van der Waals surface area contributed by atoms with Crippen LogP contribution in [0.15, 0.2) is 30.3 Å². The highest BCUT2D eigenvalue weighted by Crippen LogP contribution is 2.26. The first kappa shape index (κ1) is 13.3. The molecular formula is C14H12Cl2N4. The van der Waals surface area contributed by atoms with Crippen LogP contribution in [0, 0.1) is 0 Å². The maximum Gasteiger partial charge on any atom is 0.225 e. The predicted octanol–water partition coefficient (Wildman–Crippen LogP) is 3.74. The smallest absolute Gasteiger partial charge is 0.225 e. The summed E-state index contributed by atoms with van der Waals surface area (Å²) in [6.45, 7) is 2.65. The minimum atomic E-state index is 0.138. The number of nitrogens with zero attached hydrogens (tertiary/aromatic N) is 4. The van der Waals surface area contributed by atoms with Crippen LogP contribution in [0.25, 0.3) is 11.0 Å². The summed E-state index contributed by atoms with van der Waals surface area (Å²) in [5, 5.41) is 5.86. The lowest BCUT2D eigenvalue weighted by Crippen LogP contribution is -2.03. The molecule has 0 spiro atoms. The number of halogens is 2. The lowest BCUT2D eigenvalue weighted by atomic mass is 10.2. The summed E-state index contributed by atoms with van der Waals surface area (Å²) in [5.41, 5.74) is 2.71. The molecule has 0 unspecified atom stereocenters. The standard InChI is InChI=1S/C14H12Cl2N4/c1-2-10-11-12(15)17-14(16)18-13(11)20(19-10)8-9-6-4-3-5-7-9/h3-7H,2,8H2,1H3. The van der Waals surface area contributed by atoms with Crippen molar-refractivity contribution in [2.75, 3.05) is 0 Å². The molecule has 6 heteroatoms. The highest BCUT2D eigenvalue weighted by atomic mass is 35.5. The van der Waals surface area contributed by atoms with Crippen molar-refractivity contribution in [2.24, 2.45) is 0 Å². The summed E-state index contributed by atoms with van der Waals surface area (Å²) in [4.78, 5) is 8.27. The van der Waals surface area contributed by atoms with Crippen LogP contribution in [0.1, 0.15) is 18.2 Å². The Kier molecular flexibility index (Phi) is 3.59. The van der Waals surface area contributed by atoms with Crippen molar-refractivity contribution in [3.05, 3.63) is 52.0 Å². The molecule has 0 radical (unpaired) electrons. The zero-order valence-electron chi connectivity index (χ0n) is 10.8. The minimum Gasteiger partial charge on any atom is -0.242 e. The van der Waals surface area contributed by atoms with Crippen molar-refractivity contribution < 1.29 is 0 Å². The molecule has 0 atom stereocenters. The van der Waals surface area contributed by atoms with Crippen LogP contribution in [0.2, 0.25) is 10.4 Å². The van der Waals surface area contributed by atoms with E-state index in [4.69, 9.17) is 23.2 Å². The van der Waals surface area contributed by atoms with Gasteiger partial charge in [-0.1, -0.05) is 48.9 Å². The second kappa shape index (κ2) is 5.38.